The van der Waals surface area contributed by atoms with Crippen molar-refractivity contribution in [2.45, 2.75) is 18.4 Å². The van der Waals surface area contributed by atoms with Gasteiger partial charge in [0, 0.05) is 12.1 Å². The SMILES string of the molecule is C=C=CC1(NC(=O)c2ccccc2)CCCNC1=O. The number of benzene rings is 1. The molecule has 1 saturated heterocycles. The third kappa shape index (κ3) is 2.75. The molecule has 1 aliphatic rings. The summed E-state index contributed by atoms with van der Waals surface area (Å²) in [6.07, 6.45) is 2.89. The first-order chi connectivity index (χ1) is 9.18. The van der Waals surface area contributed by atoms with Gasteiger partial charge in [0.15, 0.2) is 0 Å². The van der Waals surface area contributed by atoms with Crippen LogP contribution in [0.1, 0.15) is 23.2 Å². The molecule has 0 spiro atoms. The Bertz CT molecular complexity index is 532. The van der Waals surface area contributed by atoms with Gasteiger partial charge in [0.1, 0.15) is 5.54 Å². The van der Waals surface area contributed by atoms with E-state index in [1.807, 2.05) is 6.07 Å². The van der Waals surface area contributed by atoms with Crippen molar-refractivity contribution in [3.05, 3.63) is 54.3 Å². The molecule has 0 aromatic heterocycles. The van der Waals surface area contributed by atoms with Gasteiger partial charge in [-0.2, -0.15) is 0 Å². The Morgan fingerprint density at radius 2 is 2.16 bits per heavy atom. The summed E-state index contributed by atoms with van der Waals surface area (Å²) in [7, 11) is 0. The maximum absolute atomic E-state index is 12.2. The van der Waals surface area contributed by atoms with Crippen molar-refractivity contribution in [1.29, 1.82) is 0 Å². The van der Waals surface area contributed by atoms with Crippen molar-refractivity contribution >= 4 is 11.8 Å². The molecule has 1 fully saturated rings. The van der Waals surface area contributed by atoms with Crippen molar-refractivity contribution in [1.82, 2.24) is 10.6 Å². The molecule has 0 bridgehead atoms. The zero-order chi connectivity index (χ0) is 13.7. The minimum Gasteiger partial charge on any atom is -0.354 e. The van der Waals surface area contributed by atoms with Gasteiger partial charge in [0.2, 0.25) is 5.91 Å². The quantitative estimate of drug-likeness (QED) is 0.803. The van der Waals surface area contributed by atoms with Crippen LogP contribution in [0.5, 0.6) is 0 Å². The summed E-state index contributed by atoms with van der Waals surface area (Å²) in [5, 5.41) is 5.55. The number of amides is 2. The summed E-state index contributed by atoms with van der Waals surface area (Å²) in [4.78, 5) is 24.2. The molecular weight excluding hydrogens is 240 g/mol. The van der Waals surface area contributed by atoms with Gasteiger partial charge in [-0.05, 0) is 31.1 Å². The van der Waals surface area contributed by atoms with E-state index in [2.05, 4.69) is 22.9 Å². The van der Waals surface area contributed by atoms with Gasteiger partial charge >= 0.3 is 0 Å². The number of piperidine rings is 1. The number of nitrogens with one attached hydrogen (secondary N) is 2. The van der Waals surface area contributed by atoms with Crippen LogP contribution in [0.15, 0.2) is 48.7 Å². The fourth-order valence-electron chi connectivity index (χ4n) is 2.17. The molecule has 4 heteroatoms. The van der Waals surface area contributed by atoms with E-state index < -0.39 is 5.54 Å². The van der Waals surface area contributed by atoms with Crippen LogP contribution in [0.25, 0.3) is 0 Å². The van der Waals surface area contributed by atoms with Crippen molar-refractivity contribution in [2.75, 3.05) is 6.54 Å². The molecule has 98 valence electrons. The highest BCUT2D eigenvalue weighted by atomic mass is 16.2. The van der Waals surface area contributed by atoms with Crippen molar-refractivity contribution in [2.24, 2.45) is 0 Å². The Morgan fingerprint density at radius 3 is 2.79 bits per heavy atom. The number of rotatable bonds is 3. The third-order valence-electron chi connectivity index (χ3n) is 3.16. The lowest BCUT2D eigenvalue weighted by Gasteiger charge is -2.33. The first-order valence-corrected chi connectivity index (χ1v) is 6.21. The standard InChI is InChI=1S/C15H16N2O2/c1-2-9-15(10-6-11-16-14(15)19)17-13(18)12-7-4-3-5-8-12/h3-5,7-9H,1,6,10-11H2,(H,16,19)(H,17,18). The van der Waals surface area contributed by atoms with E-state index >= 15 is 0 Å². The van der Waals surface area contributed by atoms with Crippen molar-refractivity contribution in [3.8, 4) is 0 Å². The average Bonchev–Trinajstić information content (AvgIpc) is 2.43. The molecule has 19 heavy (non-hydrogen) atoms. The summed E-state index contributed by atoms with van der Waals surface area (Å²) < 4.78 is 0. The lowest BCUT2D eigenvalue weighted by Crippen LogP contribution is -2.60. The first-order valence-electron chi connectivity index (χ1n) is 6.21. The van der Waals surface area contributed by atoms with Crippen LogP contribution in [-0.2, 0) is 4.79 Å². The molecule has 1 aromatic carbocycles. The summed E-state index contributed by atoms with van der Waals surface area (Å²) in [5.41, 5.74) is 2.11. The van der Waals surface area contributed by atoms with Crippen LogP contribution in [0, 0.1) is 0 Å². The van der Waals surface area contributed by atoms with Gasteiger partial charge in [-0.1, -0.05) is 24.8 Å². The van der Waals surface area contributed by atoms with Gasteiger partial charge in [-0.3, -0.25) is 9.59 Å². The van der Waals surface area contributed by atoms with Gasteiger partial charge in [-0.15, -0.1) is 5.73 Å². The number of carbonyl (C=O) groups excluding carboxylic acids is 2. The molecule has 0 radical (unpaired) electrons. The number of carbonyl (C=O) groups is 2. The van der Waals surface area contributed by atoms with E-state index in [0.29, 0.717) is 18.5 Å². The van der Waals surface area contributed by atoms with Gasteiger partial charge in [0.05, 0.1) is 0 Å². The lowest BCUT2D eigenvalue weighted by atomic mass is 9.88. The summed E-state index contributed by atoms with van der Waals surface area (Å²) in [5.74, 6) is -0.483. The first kappa shape index (κ1) is 13.1. The second kappa shape index (κ2) is 5.55. The van der Waals surface area contributed by atoms with Crippen LogP contribution < -0.4 is 10.6 Å². The van der Waals surface area contributed by atoms with Crippen molar-refractivity contribution in [3.63, 3.8) is 0 Å². The predicted octanol–water partition coefficient (Wildman–Crippen LogP) is 1.41. The molecule has 1 aromatic rings. The monoisotopic (exact) mass is 256 g/mol. The molecule has 1 atom stereocenters. The largest absolute Gasteiger partial charge is 0.354 e. The Kier molecular flexibility index (Phi) is 3.83. The molecule has 2 amide bonds. The van der Waals surface area contributed by atoms with E-state index in [1.165, 1.54) is 6.08 Å². The highest BCUT2D eigenvalue weighted by Gasteiger charge is 2.39. The molecule has 1 aliphatic heterocycles. The lowest BCUT2D eigenvalue weighted by molar-refractivity contribution is -0.127. The summed E-state index contributed by atoms with van der Waals surface area (Å²) in [6, 6.07) is 8.82. The van der Waals surface area contributed by atoms with Crippen LogP contribution in [0.3, 0.4) is 0 Å². The second-order valence-corrected chi connectivity index (χ2v) is 4.50. The van der Waals surface area contributed by atoms with Gasteiger partial charge in [-0.25, -0.2) is 0 Å². The molecule has 1 unspecified atom stereocenters. The molecule has 4 nitrogen and oxygen atoms in total. The minimum atomic E-state index is -1.03. The zero-order valence-electron chi connectivity index (χ0n) is 10.6. The van der Waals surface area contributed by atoms with E-state index in [0.717, 1.165) is 6.42 Å². The smallest absolute Gasteiger partial charge is 0.252 e. The third-order valence-corrected chi connectivity index (χ3v) is 3.16. The molecule has 2 rings (SSSR count). The highest BCUT2D eigenvalue weighted by Crippen LogP contribution is 2.19. The predicted molar refractivity (Wildman–Crippen MR) is 72.6 cm³/mol. The Labute approximate surface area is 112 Å². The Balaban J connectivity index is 2.24. The number of hydrogen-bond donors (Lipinski definition) is 2. The molecule has 1 heterocycles. The molecule has 0 saturated carbocycles. The van der Waals surface area contributed by atoms with E-state index in [4.69, 9.17) is 0 Å². The number of hydrogen-bond acceptors (Lipinski definition) is 2. The average molecular weight is 256 g/mol. The Hall–Kier alpha value is -2.32. The maximum atomic E-state index is 12.2. The molecule has 0 aliphatic carbocycles. The highest BCUT2D eigenvalue weighted by molar-refractivity contribution is 6.00. The summed E-state index contributed by atoms with van der Waals surface area (Å²) in [6.45, 7) is 4.13. The van der Waals surface area contributed by atoms with Crippen LogP contribution in [0.4, 0.5) is 0 Å². The van der Waals surface area contributed by atoms with E-state index in [-0.39, 0.29) is 11.8 Å². The van der Waals surface area contributed by atoms with Crippen molar-refractivity contribution < 1.29 is 9.59 Å². The topological polar surface area (TPSA) is 58.2 Å². The minimum absolute atomic E-state index is 0.209. The van der Waals surface area contributed by atoms with Gasteiger partial charge < -0.3 is 10.6 Å². The maximum Gasteiger partial charge on any atom is 0.252 e. The van der Waals surface area contributed by atoms with Crippen LogP contribution in [0.2, 0.25) is 0 Å². The fraction of sp³-hybridized carbons (Fsp3) is 0.267. The normalized spacial score (nSPS) is 22.0. The van der Waals surface area contributed by atoms with Gasteiger partial charge in [0.25, 0.3) is 5.91 Å². The molecule has 2 N–H and O–H groups in total. The zero-order valence-corrected chi connectivity index (χ0v) is 10.6. The second-order valence-electron chi connectivity index (χ2n) is 4.50. The fourth-order valence-corrected chi connectivity index (χ4v) is 2.17. The Morgan fingerprint density at radius 1 is 1.42 bits per heavy atom. The van der Waals surface area contributed by atoms with Crippen LogP contribution in [-0.4, -0.2) is 23.9 Å². The molecular formula is C15H16N2O2. The van der Waals surface area contributed by atoms with E-state index in [1.54, 1.807) is 24.3 Å². The van der Waals surface area contributed by atoms with Crippen LogP contribution >= 0.6 is 0 Å². The summed E-state index contributed by atoms with van der Waals surface area (Å²) >= 11 is 0. The van der Waals surface area contributed by atoms with E-state index in [9.17, 15) is 9.59 Å².